The van der Waals surface area contributed by atoms with Crippen LogP contribution in [0.4, 0.5) is 5.69 Å². The molecule has 8 heteroatoms. The maximum Gasteiger partial charge on any atom is 0.243 e. The van der Waals surface area contributed by atoms with Crippen LogP contribution in [0.5, 0.6) is 5.75 Å². The molecule has 0 atom stereocenters. The third-order valence-corrected chi connectivity index (χ3v) is 9.60. The second kappa shape index (κ2) is 9.84. The summed E-state index contributed by atoms with van der Waals surface area (Å²) in [5.41, 5.74) is 3.69. The molecular weight excluding hydrogens is 466 g/mol. The van der Waals surface area contributed by atoms with Crippen molar-refractivity contribution in [3.8, 4) is 5.75 Å². The number of methoxy groups -OCH3 is 1. The first kappa shape index (κ1) is 24.9. The Bertz CT molecular complexity index is 1160. The number of para-hydroxylation sites is 1. The van der Waals surface area contributed by atoms with Gasteiger partial charge < -0.3 is 15.0 Å². The third kappa shape index (κ3) is 4.95. The van der Waals surface area contributed by atoms with E-state index >= 15 is 0 Å². The predicted molar refractivity (Wildman–Crippen MR) is 141 cm³/mol. The highest BCUT2D eigenvalue weighted by atomic mass is 32.2. The van der Waals surface area contributed by atoms with E-state index in [1.54, 1.807) is 35.7 Å². The molecule has 2 aliphatic rings. The van der Waals surface area contributed by atoms with Crippen LogP contribution >= 0.6 is 12.2 Å². The Morgan fingerprint density at radius 3 is 2.44 bits per heavy atom. The van der Waals surface area contributed by atoms with Crippen LogP contribution in [-0.4, -0.2) is 56.0 Å². The number of aryl methyl sites for hydroxylation is 1. The third-order valence-electron chi connectivity index (χ3n) is 7.35. The zero-order valence-electron chi connectivity index (χ0n) is 20.5. The molecule has 1 spiro atoms. The molecule has 0 aromatic heterocycles. The molecule has 34 heavy (non-hydrogen) atoms. The Morgan fingerprint density at radius 1 is 1.09 bits per heavy atom. The number of hydrogen-bond acceptors (Lipinski definition) is 4. The molecule has 4 rings (SSSR count). The van der Waals surface area contributed by atoms with Gasteiger partial charge in [0, 0.05) is 37.9 Å². The Kier molecular flexibility index (Phi) is 7.22. The SMILES string of the molecule is COc1cccc(S(=O)(=O)N2CCC3(CCN(C(=S)Nc4c(C)cccc4C(C)C)C3)CC2)c1. The summed E-state index contributed by atoms with van der Waals surface area (Å²) in [5.74, 6) is 0.960. The topological polar surface area (TPSA) is 61.9 Å². The number of likely N-dealkylation sites (tertiary alicyclic amines) is 1. The van der Waals surface area contributed by atoms with Gasteiger partial charge in [-0.1, -0.05) is 38.1 Å². The number of nitrogens with zero attached hydrogens (tertiary/aromatic N) is 2. The van der Waals surface area contributed by atoms with Crippen molar-refractivity contribution in [3.05, 3.63) is 53.6 Å². The van der Waals surface area contributed by atoms with Crippen molar-refractivity contribution in [1.29, 1.82) is 0 Å². The van der Waals surface area contributed by atoms with Crippen molar-refractivity contribution in [2.24, 2.45) is 5.41 Å². The molecule has 2 aromatic rings. The summed E-state index contributed by atoms with van der Waals surface area (Å²) in [6.45, 7) is 9.33. The number of sulfonamides is 1. The lowest BCUT2D eigenvalue weighted by Crippen LogP contribution is -2.45. The number of rotatable bonds is 5. The Labute approximate surface area is 209 Å². The lowest BCUT2D eigenvalue weighted by Gasteiger charge is -2.38. The van der Waals surface area contributed by atoms with Gasteiger partial charge in [0.25, 0.3) is 0 Å². The summed E-state index contributed by atoms with van der Waals surface area (Å²) in [7, 11) is -1.98. The fourth-order valence-electron chi connectivity index (χ4n) is 5.16. The van der Waals surface area contributed by atoms with E-state index < -0.39 is 10.0 Å². The Hall–Kier alpha value is -2.16. The normalized spacial score (nSPS) is 18.4. The number of hydrogen-bond donors (Lipinski definition) is 1. The van der Waals surface area contributed by atoms with E-state index in [0.717, 1.165) is 43.2 Å². The van der Waals surface area contributed by atoms with Gasteiger partial charge in [-0.2, -0.15) is 4.31 Å². The molecule has 2 aliphatic heterocycles. The van der Waals surface area contributed by atoms with E-state index in [0.29, 0.717) is 29.7 Å². The average molecular weight is 502 g/mol. The fraction of sp³-hybridized carbons (Fsp3) is 0.500. The van der Waals surface area contributed by atoms with Gasteiger partial charge in [-0.3, -0.25) is 0 Å². The molecule has 2 heterocycles. The van der Waals surface area contributed by atoms with Crippen LogP contribution in [0, 0.1) is 12.3 Å². The Morgan fingerprint density at radius 2 is 1.76 bits per heavy atom. The molecule has 0 amide bonds. The van der Waals surface area contributed by atoms with Gasteiger partial charge in [0.2, 0.25) is 10.0 Å². The summed E-state index contributed by atoms with van der Waals surface area (Å²) in [6.07, 6.45) is 2.72. The van der Waals surface area contributed by atoms with Crippen LogP contribution < -0.4 is 10.1 Å². The van der Waals surface area contributed by atoms with E-state index in [4.69, 9.17) is 17.0 Å². The summed E-state index contributed by atoms with van der Waals surface area (Å²) >= 11 is 5.82. The smallest absolute Gasteiger partial charge is 0.243 e. The van der Waals surface area contributed by atoms with Gasteiger partial charge in [-0.25, -0.2) is 8.42 Å². The van der Waals surface area contributed by atoms with Crippen LogP contribution in [0.3, 0.4) is 0 Å². The molecule has 0 bridgehead atoms. The van der Waals surface area contributed by atoms with Gasteiger partial charge in [0.1, 0.15) is 5.75 Å². The number of piperidine rings is 1. The highest BCUT2D eigenvalue weighted by Crippen LogP contribution is 2.42. The lowest BCUT2D eigenvalue weighted by atomic mass is 9.78. The van der Waals surface area contributed by atoms with E-state index in [9.17, 15) is 8.42 Å². The van der Waals surface area contributed by atoms with Crippen LogP contribution in [0.1, 0.15) is 50.2 Å². The van der Waals surface area contributed by atoms with Gasteiger partial charge >= 0.3 is 0 Å². The quantitative estimate of drug-likeness (QED) is 0.582. The first-order valence-electron chi connectivity index (χ1n) is 11.9. The van der Waals surface area contributed by atoms with Crippen LogP contribution in [0.25, 0.3) is 0 Å². The summed E-state index contributed by atoms with van der Waals surface area (Å²) < 4.78 is 33.2. The van der Waals surface area contributed by atoms with Gasteiger partial charge in [0.05, 0.1) is 12.0 Å². The van der Waals surface area contributed by atoms with Crippen LogP contribution in [0.15, 0.2) is 47.4 Å². The monoisotopic (exact) mass is 501 g/mol. The maximum atomic E-state index is 13.2. The zero-order valence-corrected chi connectivity index (χ0v) is 22.1. The van der Waals surface area contributed by atoms with Crippen molar-refractivity contribution < 1.29 is 13.2 Å². The zero-order chi connectivity index (χ0) is 24.5. The highest BCUT2D eigenvalue weighted by Gasteiger charge is 2.43. The second-order valence-corrected chi connectivity index (χ2v) is 12.2. The van der Waals surface area contributed by atoms with Crippen molar-refractivity contribution in [2.75, 3.05) is 38.6 Å². The van der Waals surface area contributed by atoms with Crippen molar-refractivity contribution in [2.45, 2.75) is 50.8 Å². The van der Waals surface area contributed by atoms with Gasteiger partial charge in [0.15, 0.2) is 5.11 Å². The van der Waals surface area contributed by atoms with E-state index in [-0.39, 0.29) is 5.41 Å². The number of benzene rings is 2. The van der Waals surface area contributed by atoms with E-state index in [1.807, 2.05) is 0 Å². The molecule has 1 N–H and O–H groups in total. The molecule has 0 radical (unpaired) electrons. The van der Waals surface area contributed by atoms with Gasteiger partial charge in [-0.05, 0) is 73.0 Å². The van der Waals surface area contributed by atoms with Crippen molar-refractivity contribution in [1.82, 2.24) is 9.21 Å². The van der Waals surface area contributed by atoms with Gasteiger partial charge in [-0.15, -0.1) is 0 Å². The molecule has 0 unspecified atom stereocenters. The second-order valence-electron chi connectivity index (χ2n) is 9.88. The maximum absolute atomic E-state index is 13.2. The number of anilines is 1. The largest absolute Gasteiger partial charge is 0.497 e. The first-order chi connectivity index (χ1) is 16.1. The minimum absolute atomic E-state index is 0.110. The first-order valence-corrected chi connectivity index (χ1v) is 13.8. The van der Waals surface area contributed by atoms with Crippen LogP contribution in [-0.2, 0) is 10.0 Å². The van der Waals surface area contributed by atoms with E-state index in [1.165, 1.54) is 11.1 Å². The number of thiocarbonyl (C=S) groups is 1. The van der Waals surface area contributed by atoms with Crippen LogP contribution in [0.2, 0.25) is 0 Å². The summed E-state index contributed by atoms with van der Waals surface area (Å²) in [5, 5.41) is 4.29. The fourth-order valence-corrected chi connectivity index (χ4v) is 6.89. The minimum Gasteiger partial charge on any atom is -0.497 e. The molecule has 184 valence electrons. The molecule has 2 aromatic carbocycles. The highest BCUT2D eigenvalue weighted by molar-refractivity contribution is 7.89. The molecule has 6 nitrogen and oxygen atoms in total. The molecular formula is C26H35N3O3S2. The van der Waals surface area contributed by atoms with Crippen molar-refractivity contribution in [3.63, 3.8) is 0 Å². The minimum atomic E-state index is -3.53. The molecule has 2 fully saturated rings. The number of nitrogens with one attached hydrogen (secondary N) is 1. The predicted octanol–water partition coefficient (Wildman–Crippen LogP) is 5.00. The summed E-state index contributed by atoms with van der Waals surface area (Å²) in [6, 6.07) is 13.1. The molecule has 0 aliphatic carbocycles. The lowest BCUT2D eigenvalue weighted by molar-refractivity contribution is 0.167. The summed E-state index contributed by atoms with van der Waals surface area (Å²) in [4.78, 5) is 2.55. The van der Waals surface area contributed by atoms with Crippen molar-refractivity contribution >= 4 is 33.0 Å². The average Bonchev–Trinajstić information content (AvgIpc) is 3.24. The molecule has 0 saturated carbocycles. The number of ether oxygens (including phenoxy) is 1. The Balaban J connectivity index is 1.40. The molecule has 2 saturated heterocycles. The standard InChI is InChI=1S/C26H35N3O3S2/c1-19(2)23-10-5-7-20(3)24(23)27-25(33)28-14-11-26(18-28)12-15-29(16-13-26)34(30,31)22-9-6-8-21(17-22)32-4/h5-10,17,19H,11-16,18H2,1-4H3,(H,27,33). The van der Waals surface area contributed by atoms with E-state index in [2.05, 4.69) is 49.2 Å².